The third-order valence-corrected chi connectivity index (χ3v) is 2.55. The summed E-state index contributed by atoms with van der Waals surface area (Å²) < 4.78 is 5.53. The largest absolute Gasteiger partial charge is 0.375 e. The van der Waals surface area contributed by atoms with E-state index in [1.807, 2.05) is 51.2 Å². The topological polar surface area (TPSA) is 29.5 Å². The van der Waals surface area contributed by atoms with Crippen molar-refractivity contribution in [1.82, 2.24) is 4.90 Å². The summed E-state index contributed by atoms with van der Waals surface area (Å²) in [6.45, 7) is 5.63. The van der Waals surface area contributed by atoms with Gasteiger partial charge in [-0.25, -0.2) is 0 Å². The number of likely N-dealkylation sites (N-methyl/N-ethyl adjacent to an activating group) is 1. The molecule has 0 saturated carbocycles. The fourth-order valence-electron chi connectivity index (χ4n) is 1.52. The highest BCUT2D eigenvalue weighted by atomic mass is 16.5. The molecule has 1 aromatic rings. The van der Waals surface area contributed by atoms with Crippen LogP contribution < -0.4 is 0 Å². The van der Waals surface area contributed by atoms with Crippen LogP contribution in [0.5, 0.6) is 0 Å². The lowest BCUT2D eigenvalue weighted by atomic mass is 10.2. The maximum absolute atomic E-state index is 11.6. The summed E-state index contributed by atoms with van der Waals surface area (Å²) in [6, 6.07) is 10.0. The van der Waals surface area contributed by atoms with Crippen LogP contribution in [0.4, 0.5) is 0 Å². The fourth-order valence-corrected chi connectivity index (χ4v) is 1.52. The number of rotatable bonds is 6. The van der Waals surface area contributed by atoms with Gasteiger partial charge >= 0.3 is 0 Å². The van der Waals surface area contributed by atoms with E-state index in [0.717, 1.165) is 5.56 Å². The molecule has 94 valence electrons. The molecule has 1 rings (SSSR count). The molecular weight excluding hydrogens is 214 g/mol. The number of ether oxygens (including phenoxy) is 1. The zero-order valence-corrected chi connectivity index (χ0v) is 10.8. The summed E-state index contributed by atoms with van der Waals surface area (Å²) in [5.41, 5.74) is 1.16. The quantitative estimate of drug-likeness (QED) is 0.708. The molecule has 0 radical (unpaired) electrons. The van der Waals surface area contributed by atoms with Crippen LogP contribution in [0.25, 0.3) is 0 Å². The van der Waals surface area contributed by atoms with Gasteiger partial charge in [-0.3, -0.25) is 4.79 Å². The second-order valence-corrected chi connectivity index (χ2v) is 4.45. The average Bonchev–Trinajstić information content (AvgIpc) is 2.34. The first-order valence-electron chi connectivity index (χ1n) is 5.98. The minimum atomic E-state index is 0.0501. The minimum Gasteiger partial charge on any atom is -0.375 e. The number of nitrogens with zero attached hydrogens (tertiary/aromatic N) is 1. The van der Waals surface area contributed by atoms with Gasteiger partial charge in [-0.05, 0) is 5.56 Å². The van der Waals surface area contributed by atoms with Crippen LogP contribution in [0.3, 0.4) is 0 Å². The van der Waals surface area contributed by atoms with Crippen molar-refractivity contribution in [3.63, 3.8) is 0 Å². The molecule has 0 heterocycles. The molecule has 0 aliphatic rings. The van der Waals surface area contributed by atoms with Crippen molar-refractivity contribution in [2.45, 2.75) is 20.5 Å². The third kappa shape index (κ3) is 5.00. The molecular formula is C14H21NO2. The Labute approximate surface area is 103 Å². The number of amides is 1. The molecule has 0 bridgehead atoms. The molecule has 3 heteroatoms. The number of carbonyl (C=O) groups excluding carboxylic acids is 1. The molecule has 3 nitrogen and oxygen atoms in total. The highest BCUT2D eigenvalue weighted by Gasteiger charge is 2.11. The summed E-state index contributed by atoms with van der Waals surface area (Å²) in [6.07, 6.45) is 0. The van der Waals surface area contributed by atoms with E-state index < -0.39 is 0 Å². The molecule has 0 unspecified atom stereocenters. The van der Waals surface area contributed by atoms with Gasteiger partial charge in [0.2, 0.25) is 5.91 Å². The van der Waals surface area contributed by atoms with Crippen molar-refractivity contribution in [2.75, 3.05) is 20.2 Å². The summed E-state index contributed by atoms with van der Waals surface area (Å²) in [4.78, 5) is 13.3. The smallest absolute Gasteiger partial charge is 0.224 e. The molecule has 0 aliphatic heterocycles. The highest BCUT2D eigenvalue weighted by Crippen LogP contribution is 2.01. The Morgan fingerprint density at radius 1 is 1.29 bits per heavy atom. The van der Waals surface area contributed by atoms with E-state index in [9.17, 15) is 4.79 Å². The molecule has 0 N–H and O–H groups in total. The summed E-state index contributed by atoms with van der Waals surface area (Å²) in [5, 5.41) is 0. The molecule has 1 aromatic carbocycles. The predicted octanol–water partition coefficient (Wildman–Crippen LogP) is 2.32. The van der Waals surface area contributed by atoms with Gasteiger partial charge in [-0.2, -0.15) is 0 Å². The van der Waals surface area contributed by atoms with Crippen molar-refractivity contribution in [3.05, 3.63) is 35.9 Å². The second kappa shape index (κ2) is 7.07. The molecule has 0 atom stereocenters. The van der Waals surface area contributed by atoms with E-state index in [4.69, 9.17) is 4.74 Å². The van der Waals surface area contributed by atoms with Crippen LogP contribution in [0.15, 0.2) is 30.3 Å². The van der Waals surface area contributed by atoms with Gasteiger partial charge in [-0.15, -0.1) is 0 Å². The fraction of sp³-hybridized carbons (Fsp3) is 0.500. The first-order valence-corrected chi connectivity index (χ1v) is 5.98. The third-order valence-electron chi connectivity index (χ3n) is 2.55. The first kappa shape index (κ1) is 13.7. The number of carbonyl (C=O) groups is 1. The summed E-state index contributed by atoms with van der Waals surface area (Å²) >= 11 is 0. The zero-order chi connectivity index (χ0) is 12.7. The van der Waals surface area contributed by atoms with Gasteiger partial charge in [0.15, 0.2) is 0 Å². The van der Waals surface area contributed by atoms with Crippen LogP contribution in [0, 0.1) is 5.92 Å². The predicted molar refractivity (Wildman–Crippen MR) is 68.6 cm³/mol. The molecule has 0 spiro atoms. The lowest BCUT2D eigenvalue weighted by Crippen LogP contribution is -2.33. The van der Waals surface area contributed by atoms with Crippen molar-refractivity contribution < 1.29 is 9.53 Å². The first-order chi connectivity index (χ1) is 8.11. The number of hydrogen-bond donors (Lipinski definition) is 0. The van der Waals surface area contributed by atoms with E-state index in [1.54, 1.807) is 4.90 Å². The van der Waals surface area contributed by atoms with Gasteiger partial charge in [0.1, 0.15) is 0 Å². The Morgan fingerprint density at radius 3 is 2.53 bits per heavy atom. The summed E-state index contributed by atoms with van der Waals surface area (Å²) in [5.74, 6) is 0.211. The van der Waals surface area contributed by atoms with Crippen LogP contribution in [0.2, 0.25) is 0 Å². The van der Waals surface area contributed by atoms with Gasteiger partial charge in [0, 0.05) is 19.5 Å². The molecule has 0 saturated heterocycles. The van der Waals surface area contributed by atoms with E-state index in [2.05, 4.69) is 0 Å². The van der Waals surface area contributed by atoms with Gasteiger partial charge in [0.05, 0.1) is 13.2 Å². The molecule has 0 fully saturated rings. The molecule has 0 aromatic heterocycles. The zero-order valence-electron chi connectivity index (χ0n) is 10.8. The molecule has 1 amide bonds. The Morgan fingerprint density at radius 2 is 1.94 bits per heavy atom. The van der Waals surface area contributed by atoms with Crippen molar-refractivity contribution in [1.29, 1.82) is 0 Å². The summed E-state index contributed by atoms with van der Waals surface area (Å²) in [7, 11) is 1.81. The maximum Gasteiger partial charge on any atom is 0.224 e. The van der Waals surface area contributed by atoms with Gasteiger partial charge in [-0.1, -0.05) is 44.2 Å². The number of benzene rings is 1. The lowest BCUT2D eigenvalue weighted by molar-refractivity contribution is -0.133. The SMILES string of the molecule is CC(C)C(=O)N(C)CCOCc1ccccc1. The number of hydrogen-bond acceptors (Lipinski definition) is 2. The lowest BCUT2D eigenvalue weighted by Gasteiger charge is -2.19. The molecule has 0 aliphatic carbocycles. The van der Waals surface area contributed by atoms with E-state index in [0.29, 0.717) is 19.8 Å². The average molecular weight is 235 g/mol. The Hall–Kier alpha value is -1.35. The van der Waals surface area contributed by atoms with Crippen molar-refractivity contribution in [2.24, 2.45) is 5.92 Å². The Bertz CT molecular complexity index is 335. The monoisotopic (exact) mass is 235 g/mol. The van der Waals surface area contributed by atoms with Crippen molar-refractivity contribution >= 4 is 5.91 Å². The van der Waals surface area contributed by atoms with Crippen LogP contribution in [-0.4, -0.2) is 31.0 Å². The van der Waals surface area contributed by atoms with Crippen LogP contribution in [0.1, 0.15) is 19.4 Å². The second-order valence-electron chi connectivity index (χ2n) is 4.45. The van der Waals surface area contributed by atoms with Gasteiger partial charge in [0.25, 0.3) is 0 Å². The van der Waals surface area contributed by atoms with E-state index >= 15 is 0 Å². The van der Waals surface area contributed by atoms with Crippen LogP contribution >= 0.6 is 0 Å². The van der Waals surface area contributed by atoms with Crippen LogP contribution in [-0.2, 0) is 16.1 Å². The Kier molecular flexibility index (Phi) is 5.70. The van der Waals surface area contributed by atoms with Gasteiger partial charge < -0.3 is 9.64 Å². The highest BCUT2D eigenvalue weighted by molar-refractivity contribution is 5.77. The standard InChI is InChI=1S/C14H21NO2/c1-12(2)14(16)15(3)9-10-17-11-13-7-5-4-6-8-13/h4-8,12H,9-11H2,1-3H3. The maximum atomic E-state index is 11.6. The van der Waals surface area contributed by atoms with E-state index in [1.165, 1.54) is 0 Å². The minimum absolute atomic E-state index is 0.0501. The Balaban J connectivity index is 2.18. The van der Waals surface area contributed by atoms with E-state index in [-0.39, 0.29) is 11.8 Å². The normalized spacial score (nSPS) is 10.6. The molecule has 17 heavy (non-hydrogen) atoms. The van der Waals surface area contributed by atoms with Crippen molar-refractivity contribution in [3.8, 4) is 0 Å².